The van der Waals surface area contributed by atoms with Gasteiger partial charge in [0.2, 0.25) is 0 Å². The Kier molecular flexibility index (Phi) is 5.75. The largest absolute Gasteiger partial charge is 0.503 e. The van der Waals surface area contributed by atoms with E-state index < -0.39 is 0 Å². The maximum absolute atomic E-state index is 10.1. The van der Waals surface area contributed by atoms with E-state index in [-0.39, 0.29) is 11.8 Å². The number of hydrogen-bond acceptors (Lipinski definition) is 4. The fourth-order valence-electron chi connectivity index (χ4n) is 4.72. The van der Waals surface area contributed by atoms with Gasteiger partial charge in [-0.15, -0.1) is 0 Å². The molecule has 5 rings (SSSR count). The van der Waals surface area contributed by atoms with Gasteiger partial charge in [0.25, 0.3) is 0 Å². The standard InChI is InChI=1S/C27H25BrN2O2/c1-2-32-25-15-17(14-23(28)27(25)31)16-29-19-12-10-18(11-13-19)26-22-8-5-7-20(22)21-6-3-4-9-24(21)30-26/h3-7,9-16,20,22,26,30-31H,2,8H2,1H3/t20-,22-,26+/m1/s1. The molecule has 0 spiro atoms. The second kappa shape index (κ2) is 8.83. The van der Waals surface area contributed by atoms with Crippen molar-refractivity contribution in [1.29, 1.82) is 0 Å². The van der Waals surface area contributed by atoms with E-state index in [9.17, 15) is 5.11 Å². The number of fused-ring (bicyclic) bond motifs is 3. The first-order chi connectivity index (χ1) is 15.6. The Labute approximate surface area is 196 Å². The lowest BCUT2D eigenvalue weighted by Crippen LogP contribution is -2.28. The zero-order chi connectivity index (χ0) is 22.1. The van der Waals surface area contributed by atoms with Crippen LogP contribution >= 0.6 is 15.9 Å². The van der Waals surface area contributed by atoms with Crippen LogP contribution in [0.2, 0.25) is 0 Å². The Morgan fingerprint density at radius 3 is 2.78 bits per heavy atom. The lowest BCUT2D eigenvalue weighted by Gasteiger charge is -2.37. The molecule has 162 valence electrons. The van der Waals surface area contributed by atoms with Crippen molar-refractivity contribution in [2.45, 2.75) is 25.3 Å². The average molecular weight is 489 g/mol. The highest BCUT2D eigenvalue weighted by molar-refractivity contribution is 9.10. The molecule has 32 heavy (non-hydrogen) atoms. The second-order valence-corrected chi connectivity index (χ2v) is 9.05. The molecule has 1 aliphatic carbocycles. The minimum atomic E-state index is 0.106. The summed E-state index contributed by atoms with van der Waals surface area (Å²) in [5.41, 5.74) is 5.65. The molecule has 1 heterocycles. The summed E-state index contributed by atoms with van der Waals surface area (Å²) in [4.78, 5) is 4.62. The van der Waals surface area contributed by atoms with Gasteiger partial charge in [-0.25, -0.2) is 0 Å². The van der Waals surface area contributed by atoms with Crippen LogP contribution < -0.4 is 10.1 Å². The van der Waals surface area contributed by atoms with E-state index in [1.54, 1.807) is 12.3 Å². The number of nitrogens with zero attached hydrogens (tertiary/aromatic N) is 1. The summed E-state index contributed by atoms with van der Waals surface area (Å²) in [6, 6.07) is 21.0. The minimum absolute atomic E-state index is 0.106. The van der Waals surface area contributed by atoms with Gasteiger partial charge in [0, 0.05) is 17.8 Å². The molecule has 1 aliphatic heterocycles. The van der Waals surface area contributed by atoms with Crippen LogP contribution in [0, 0.1) is 5.92 Å². The highest BCUT2D eigenvalue weighted by atomic mass is 79.9. The number of halogens is 1. The number of aromatic hydroxyl groups is 1. The van der Waals surface area contributed by atoms with E-state index in [1.165, 1.54) is 16.8 Å². The molecule has 0 unspecified atom stereocenters. The van der Waals surface area contributed by atoms with Gasteiger partial charge in [0.15, 0.2) is 11.5 Å². The van der Waals surface area contributed by atoms with E-state index in [0.29, 0.717) is 28.7 Å². The molecule has 0 saturated carbocycles. The van der Waals surface area contributed by atoms with E-state index in [0.717, 1.165) is 17.7 Å². The van der Waals surface area contributed by atoms with Crippen LogP contribution in [0.1, 0.15) is 42.0 Å². The smallest absolute Gasteiger partial charge is 0.172 e. The lowest BCUT2D eigenvalue weighted by molar-refractivity contribution is 0.317. The third-order valence-corrected chi connectivity index (χ3v) is 6.84. The molecule has 3 atom stereocenters. The molecule has 2 aliphatic rings. The highest BCUT2D eigenvalue weighted by Crippen LogP contribution is 2.49. The summed E-state index contributed by atoms with van der Waals surface area (Å²) in [7, 11) is 0. The number of para-hydroxylation sites is 1. The Morgan fingerprint density at radius 2 is 1.97 bits per heavy atom. The zero-order valence-electron chi connectivity index (χ0n) is 17.8. The summed E-state index contributed by atoms with van der Waals surface area (Å²) in [6.07, 6.45) is 7.56. The summed E-state index contributed by atoms with van der Waals surface area (Å²) in [5.74, 6) is 1.56. The number of anilines is 1. The SMILES string of the molecule is CCOc1cc(C=Nc2ccc([C@@H]3Nc4ccccc4[C@H]4C=CC[C@H]43)cc2)cc(Br)c1O. The zero-order valence-corrected chi connectivity index (χ0v) is 19.4. The number of benzene rings is 3. The molecule has 0 fully saturated rings. The number of aliphatic imine (C=N–C) groups is 1. The van der Waals surface area contributed by atoms with Crippen LogP contribution in [0.4, 0.5) is 11.4 Å². The molecule has 4 nitrogen and oxygen atoms in total. The van der Waals surface area contributed by atoms with Gasteiger partial charge in [-0.05, 0) is 82.2 Å². The number of hydrogen-bond donors (Lipinski definition) is 2. The van der Waals surface area contributed by atoms with E-state index in [1.807, 2.05) is 13.0 Å². The van der Waals surface area contributed by atoms with Crippen molar-refractivity contribution >= 4 is 33.5 Å². The second-order valence-electron chi connectivity index (χ2n) is 8.19. The van der Waals surface area contributed by atoms with Crippen LogP contribution in [0.15, 0.2) is 82.3 Å². The molecule has 5 heteroatoms. The molecule has 0 radical (unpaired) electrons. The van der Waals surface area contributed by atoms with Crippen molar-refractivity contribution in [2.75, 3.05) is 11.9 Å². The van der Waals surface area contributed by atoms with Gasteiger partial charge >= 0.3 is 0 Å². The molecule has 2 N–H and O–H groups in total. The van der Waals surface area contributed by atoms with Crippen molar-refractivity contribution < 1.29 is 9.84 Å². The van der Waals surface area contributed by atoms with Gasteiger partial charge in [-0.1, -0.05) is 42.5 Å². The lowest BCUT2D eigenvalue weighted by atomic mass is 9.77. The van der Waals surface area contributed by atoms with E-state index in [4.69, 9.17) is 4.74 Å². The number of phenolic OH excluding ortho intramolecular Hbond substituents is 1. The third-order valence-electron chi connectivity index (χ3n) is 6.24. The van der Waals surface area contributed by atoms with Crippen LogP contribution in [0.3, 0.4) is 0 Å². The molecular weight excluding hydrogens is 464 g/mol. The molecule has 0 bridgehead atoms. The first-order valence-corrected chi connectivity index (χ1v) is 11.7. The summed E-state index contributed by atoms with van der Waals surface area (Å²) in [5, 5.41) is 13.9. The van der Waals surface area contributed by atoms with Crippen molar-refractivity contribution in [3.8, 4) is 11.5 Å². The summed E-state index contributed by atoms with van der Waals surface area (Å²) < 4.78 is 6.09. The van der Waals surface area contributed by atoms with E-state index >= 15 is 0 Å². The van der Waals surface area contributed by atoms with Crippen LogP contribution in [-0.4, -0.2) is 17.9 Å². The fraction of sp³-hybridized carbons (Fsp3) is 0.222. The Hall–Kier alpha value is -3.05. The predicted octanol–water partition coefficient (Wildman–Crippen LogP) is 7.13. The number of phenols is 1. The minimum Gasteiger partial charge on any atom is -0.503 e. The Bertz CT molecular complexity index is 1190. The first kappa shape index (κ1) is 20.8. The van der Waals surface area contributed by atoms with E-state index in [2.05, 4.69) is 86.9 Å². The number of allylic oxidation sites excluding steroid dienone is 2. The van der Waals surface area contributed by atoms with Gasteiger partial charge in [0.1, 0.15) is 0 Å². The van der Waals surface area contributed by atoms with Crippen molar-refractivity contribution in [3.63, 3.8) is 0 Å². The van der Waals surface area contributed by atoms with Crippen molar-refractivity contribution in [3.05, 3.63) is 94.0 Å². The molecule has 0 aromatic heterocycles. The fourth-order valence-corrected chi connectivity index (χ4v) is 5.18. The number of rotatable bonds is 5. The summed E-state index contributed by atoms with van der Waals surface area (Å²) >= 11 is 3.38. The van der Waals surface area contributed by atoms with Gasteiger partial charge in [0.05, 0.1) is 22.8 Å². The van der Waals surface area contributed by atoms with Crippen LogP contribution in [-0.2, 0) is 0 Å². The Morgan fingerprint density at radius 1 is 1.16 bits per heavy atom. The predicted molar refractivity (Wildman–Crippen MR) is 133 cm³/mol. The molecule has 0 amide bonds. The van der Waals surface area contributed by atoms with Gasteiger partial charge in [-0.3, -0.25) is 4.99 Å². The maximum Gasteiger partial charge on any atom is 0.172 e. The molecule has 3 aromatic carbocycles. The van der Waals surface area contributed by atoms with Crippen molar-refractivity contribution in [1.82, 2.24) is 0 Å². The average Bonchev–Trinajstić information content (AvgIpc) is 3.31. The third kappa shape index (κ3) is 3.93. The monoisotopic (exact) mass is 488 g/mol. The van der Waals surface area contributed by atoms with Crippen LogP contribution in [0.25, 0.3) is 0 Å². The number of ether oxygens (including phenoxy) is 1. The molecule has 0 saturated heterocycles. The molecular formula is C27H25BrN2O2. The molecule has 3 aromatic rings. The summed E-state index contributed by atoms with van der Waals surface area (Å²) in [6.45, 7) is 2.37. The quantitative estimate of drug-likeness (QED) is 0.296. The van der Waals surface area contributed by atoms with Crippen molar-refractivity contribution in [2.24, 2.45) is 10.9 Å². The topological polar surface area (TPSA) is 53.8 Å². The van der Waals surface area contributed by atoms with Crippen LogP contribution in [0.5, 0.6) is 11.5 Å². The highest BCUT2D eigenvalue weighted by Gasteiger charge is 2.37. The Balaban J connectivity index is 1.36. The number of nitrogens with one attached hydrogen (secondary N) is 1. The maximum atomic E-state index is 10.1. The van der Waals surface area contributed by atoms with Gasteiger partial charge in [-0.2, -0.15) is 0 Å². The normalized spacial score (nSPS) is 21.2. The van der Waals surface area contributed by atoms with Gasteiger partial charge < -0.3 is 15.2 Å². The first-order valence-electron chi connectivity index (χ1n) is 11.0.